The van der Waals surface area contributed by atoms with Crippen molar-refractivity contribution in [2.24, 2.45) is 0 Å². The smallest absolute Gasteiger partial charge is 0.319 e. The minimum Gasteiger partial charge on any atom is -0.480 e. The summed E-state index contributed by atoms with van der Waals surface area (Å²) in [7, 11) is 0. The molecule has 0 saturated heterocycles. The third-order valence-corrected chi connectivity index (χ3v) is 6.81. The van der Waals surface area contributed by atoms with Crippen LogP contribution in [-0.4, -0.2) is 11.1 Å². The number of carbonyl (C=O) groups is 1. The molecule has 0 saturated carbocycles. The average molecular weight is 435 g/mol. The van der Waals surface area contributed by atoms with Gasteiger partial charge in [-0.05, 0) is 28.7 Å². The molecule has 0 aliphatic heterocycles. The summed E-state index contributed by atoms with van der Waals surface area (Å²) in [4.78, 5) is 13.8. The summed E-state index contributed by atoms with van der Waals surface area (Å²) >= 11 is 0. The van der Waals surface area contributed by atoms with E-state index in [1.807, 2.05) is 97.1 Å². The molecule has 0 bridgehead atoms. The van der Waals surface area contributed by atoms with Crippen molar-refractivity contribution < 1.29 is 9.90 Å². The standard InChI is InChI=1S/C31H30O2/c1-2-3-24-30(25-16-8-4-9-17-25,26-18-10-5-11-19-26)31(29(32)33,27-20-12-6-13-21-27)28-22-14-7-15-23-28/h4-23H,2-3,24H2,1H3,(H,32,33). The van der Waals surface area contributed by atoms with E-state index in [9.17, 15) is 9.90 Å². The minimum atomic E-state index is -1.33. The highest BCUT2D eigenvalue weighted by molar-refractivity contribution is 5.90. The molecule has 2 heteroatoms. The first kappa shape index (κ1) is 22.5. The van der Waals surface area contributed by atoms with Gasteiger partial charge in [-0.15, -0.1) is 0 Å². The van der Waals surface area contributed by atoms with Gasteiger partial charge in [0.25, 0.3) is 0 Å². The summed E-state index contributed by atoms with van der Waals surface area (Å²) in [6, 6.07) is 39.9. The number of hydrogen-bond acceptors (Lipinski definition) is 1. The lowest BCUT2D eigenvalue weighted by Gasteiger charge is -2.50. The maximum Gasteiger partial charge on any atom is 0.319 e. The predicted octanol–water partition coefficient (Wildman–Crippen LogP) is 7.23. The molecule has 0 radical (unpaired) electrons. The highest BCUT2D eigenvalue weighted by atomic mass is 16.4. The number of benzene rings is 4. The first-order valence-corrected chi connectivity index (χ1v) is 11.6. The third-order valence-electron chi connectivity index (χ3n) is 6.81. The van der Waals surface area contributed by atoms with Crippen molar-refractivity contribution in [3.05, 3.63) is 144 Å². The third kappa shape index (κ3) is 3.76. The number of rotatable bonds is 9. The fraction of sp³-hybridized carbons (Fsp3) is 0.194. The number of carboxylic acids is 1. The highest BCUT2D eigenvalue weighted by Gasteiger charge is 2.60. The van der Waals surface area contributed by atoms with Crippen LogP contribution >= 0.6 is 0 Å². The molecule has 0 atom stereocenters. The van der Waals surface area contributed by atoms with Gasteiger partial charge in [-0.1, -0.05) is 141 Å². The minimum absolute atomic E-state index is 0.702. The van der Waals surface area contributed by atoms with E-state index in [1.54, 1.807) is 0 Å². The molecule has 1 N–H and O–H groups in total. The number of aliphatic carboxylic acids is 1. The van der Waals surface area contributed by atoms with E-state index in [0.717, 1.165) is 35.1 Å². The Morgan fingerprint density at radius 1 is 0.606 bits per heavy atom. The Morgan fingerprint density at radius 2 is 0.939 bits per heavy atom. The van der Waals surface area contributed by atoms with Gasteiger partial charge < -0.3 is 5.11 Å². The zero-order valence-corrected chi connectivity index (χ0v) is 19.0. The van der Waals surface area contributed by atoms with Gasteiger partial charge in [0, 0.05) is 5.41 Å². The predicted molar refractivity (Wildman–Crippen MR) is 134 cm³/mol. The molecular formula is C31H30O2. The van der Waals surface area contributed by atoms with Crippen molar-refractivity contribution in [1.29, 1.82) is 0 Å². The number of unbranched alkanes of at least 4 members (excludes halogenated alkanes) is 1. The van der Waals surface area contributed by atoms with Crippen LogP contribution in [0.25, 0.3) is 0 Å². The maximum atomic E-state index is 13.8. The van der Waals surface area contributed by atoms with Gasteiger partial charge in [0.2, 0.25) is 0 Å². The van der Waals surface area contributed by atoms with Crippen LogP contribution < -0.4 is 0 Å². The average Bonchev–Trinajstić information content (AvgIpc) is 2.88. The van der Waals surface area contributed by atoms with Gasteiger partial charge in [-0.3, -0.25) is 4.79 Å². The van der Waals surface area contributed by atoms with Crippen LogP contribution in [0.4, 0.5) is 0 Å². The second kappa shape index (κ2) is 9.87. The Morgan fingerprint density at radius 3 is 1.24 bits per heavy atom. The SMILES string of the molecule is CCCCC(c1ccccc1)(c1ccccc1)C(C(=O)O)(c1ccccc1)c1ccccc1. The second-order valence-corrected chi connectivity index (χ2v) is 8.53. The van der Waals surface area contributed by atoms with Gasteiger partial charge >= 0.3 is 5.97 Å². The number of carboxylic acid groups (broad SMARTS) is 1. The van der Waals surface area contributed by atoms with E-state index in [-0.39, 0.29) is 0 Å². The summed E-state index contributed by atoms with van der Waals surface area (Å²) in [5.74, 6) is -0.844. The van der Waals surface area contributed by atoms with Crippen LogP contribution in [0, 0.1) is 0 Å². The van der Waals surface area contributed by atoms with Crippen LogP contribution in [0.1, 0.15) is 48.4 Å². The van der Waals surface area contributed by atoms with E-state index < -0.39 is 16.8 Å². The van der Waals surface area contributed by atoms with E-state index in [2.05, 4.69) is 31.2 Å². The lowest BCUT2D eigenvalue weighted by Crippen LogP contribution is -2.56. The molecule has 2 nitrogen and oxygen atoms in total. The molecular weight excluding hydrogens is 404 g/mol. The van der Waals surface area contributed by atoms with E-state index in [4.69, 9.17) is 0 Å². The molecule has 4 aromatic rings. The quantitative estimate of drug-likeness (QED) is 0.302. The summed E-state index contributed by atoms with van der Waals surface area (Å²) < 4.78 is 0. The molecule has 0 fully saturated rings. The molecule has 33 heavy (non-hydrogen) atoms. The van der Waals surface area contributed by atoms with E-state index in [1.165, 1.54) is 0 Å². The first-order chi connectivity index (χ1) is 16.2. The lowest BCUT2D eigenvalue weighted by atomic mass is 9.50. The lowest BCUT2D eigenvalue weighted by molar-refractivity contribution is -0.144. The van der Waals surface area contributed by atoms with Gasteiger partial charge in [0.05, 0.1) is 0 Å². The summed E-state index contributed by atoms with van der Waals surface area (Å²) in [5, 5.41) is 11.3. The molecule has 4 aromatic carbocycles. The van der Waals surface area contributed by atoms with Gasteiger partial charge in [0.1, 0.15) is 5.41 Å². The zero-order chi connectivity index (χ0) is 23.2. The van der Waals surface area contributed by atoms with Crippen LogP contribution in [0.5, 0.6) is 0 Å². The molecule has 0 aliphatic carbocycles. The Kier molecular flexibility index (Phi) is 6.74. The highest BCUT2D eigenvalue weighted by Crippen LogP contribution is 2.55. The van der Waals surface area contributed by atoms with Crippen LogP contribution in [-0.2, 0) is 15.6 Å². The van der Waals surface area contributed by atoms with Crippen LogP contribution in [0.3, 0.4) is 0 Å². The molecule has 0 unspecified atom stereocenters. The fourth-order valence-corrected chi connectivity index (χ4v) is 5.43. The fourth-order valence-electron chi connectivity index (χ4n) is 5.43. The molecule has 4 rings (SSSR count). The molecule has 0 spiro atoms. The van der Waals surface area contributed by atoms with Gasteiger partial charge in [-0.2, -0.15) is 0 Å². The van der Waals surface area contributed by atoms with E-state index >= 15 is 0 Å². The van der Waals surface area contributed by atoms with Crippen LogP contribution in [0.15, 0.2) is 121 Å². The monoisotopic (exact) mass is 434 g/mol. The van der Waals surface area contributed by atoms with Crippen molar-refractivity contribution in [2.45, 2.75) is 37.0 Å². The van der Waals surface area contributed by atoms with Gasteiger partial charge in [-0.25, -0.2) is 0 Å². The Labute approximate surface area is 196 Å². The molecule has 0 aromatic heterocycles. The van der Waals surface area contributed by atoms with Crippen molar-refractivity contribution in [2.75, 3.05) is 0 Å². The first-order valence-electron chi connectivity index (χ1n) is 11.6. The topological polar surface area (TPSA) is 37.3 Å². The van der Waals surface area contributed by atoms with Crippen molar-refractivity contribution in [1.82, 2.24) is 0 Å². The second-order valence-electron chi connectivity index (χ2n) is 8.53. The van der Waals surface area contributed by atoms with Gasteiger partial charge in [0.15, 0.2) is 0 Å². The summed E-state index contributed by atoms with van der Waals surface area (Å²) in [5.41, 5.74) is 1.45. The maximum absolute atomic E-state index is 13.8. The molecule has 0 aliphatic rings. The molecule has 0 heterocycles. The zero-order valence-electron chi connectivity index (χ0n) is 19.0. The largest absolute Gasteiger partial charge is 0.480 e. The van der Waals surface area contributed by atoms with Crippen molar-refractivity contribution in [3.8, 4) is 0 Å². The summed E-state index contributed by atoms with van der Waals surface area (Å²) in [6.07, 6.45) is 2.58. The molecule has 166 valence electrons. The van der Waals surface area contributed by atoms with Crippen molar-refractivity contribution >= 4 is 5.97 Å². The van der Waals surface area contributed by atoms with E-state index in [0.29, 0.717) is 6.42 Å². The normalized spacial score (nSPS) is 11.8. The number of hydrogen-bond donors (Lipinski definition) is 1. The Hall–Kier alpha value is -3.65. The Balaban J connectivity index is 2.23. The van der Waals surface area contributed by atoms with Crippen LogP contribution in [0.2, 0.25) is 0 Å². The van der Waals surface area contributed by atoms with Crippen molar-refractivity contribution in [3.63, 3.8) is 0 Å². The molecule has 0 amide bonds. The summed E-state index contributed by atoms with van der Waals surface area (Å²) in [6.45, 7) is 2.16. The Bertz CT molecular complexity index is 1070.